The molecule has 1 aliphatic heterocycles. The standard InChI is InChI=1S/C18H16BrN5O/c1-11-9-20-18(23-13-4-2-3-12(19)7-13)24-17(11)22-14-5-6-16-15(8-14)21-10-25-16/h2-9,21H,10H2,1H3,(H2,20,22,23,24). The van der Waals surface area contributed by atoms with Crippen LogP contribution in [-0.4, -0.2) is 16.7 Å². The normalized spacial score (nSPS) is 12.1. The molecule has 7 heteroatoms. The Hall–Kier alpha value is -2.80. The largest absolute Gasteiger partial charge is 0.471 e. The number of aryl methyl sites for hydroxylation is 1. The Balaban J connectivity index is 1.57. The molecule has 25 heavy (non-hydrogen) atoms. The zero-order valence-corrected chi connectivity index (χ0v) is 15.1. The summed E-state index contributed by atoms with van der Waals surface area (Å²) in [6.45, 7) is 2.48. The topological polar surface area (TPSA) is 71.1 Å². The molecule has 0 radical (unpaired) electrons. The molecule has 6 nitrogen and oxygen atoms in total. The molecule has 4 rings (SSSR count). The lowest BCUT2D eigenvalue weighted by Gasteiger charge is -2.12. The Morgan fingerprint density at radius 1 is 1.12 bits per heavy atom. The van der Waals surface area contributed by atoms with Gasteiger partial charge >= 0.3 is 0 Å². The van der Waals surface area contributed by atoms with E-state index in [0.717, 1.165) is 38.7 Å². The Morgan fingerprint density at radius 3 is 2.88 bits per heavy atom. The Morgan fingerprint density at radius 2 is 2.00 bits per heavy atom. The maximum Gasteiger partial charge on any atom is 0.229 e. The lowest BCUT2D eigenvalue weighted by molar-refractivity contribution is 0.372. The molecule has 0 saturated heterocycles. The fourth-order valence-corrected chi connectivity index (χ4v) is 2.92. The summed E-state index contributed by atoms with van der Waals surface area (Å²) in [5, 5.41) is 9.74. The Kier molecular flexibility index (Phi) is 4.15. The highest BCUT2D eigenvalue weighted by Crippen LogP contribution is 2.33. The van der Waals surface area contributed by atoms with E-state index < -0.39 is 0 Å². The highest BCUT2D eigenvalue weighted by molar-refractivity contribution is 9.10. The monoisotopic (exact) mass is 397 g/mol. The molecule has 0 unspecified atom stereocenters. The molecular weight excluding hydrogens is 382 g/mol. The van der Waals surface area contributed by atoms with Gasteiger partial charge in [0.2, 0.25) is 5.95 Å². The van der Waals surface area contributed by atoms with Crippen molar-refractivity contribution in [2.75, 3.05) is 22.7 Å². The van der Waals surface area contributed by atoms with Crippen LogP contribution in [0.25, 0.3) is 0 Å². The fourth-order valence-electron chi connectivity index (χ4n) is 2.52. The minimum atomic E-state index is 0.506. The zero-order chi connectivity index (χ0) is 17.2. The second kappa shape index (κ2) is 6.60. The van der Waals surface area contributed by atoms with Crippen molar-refractivity contribution in [1.29, 1.82) is 0 Å². The summed E-state index contributed by atoms with van der Waals surface area (Å²) in [5.41, 5.74) is 3.80. The third kappa shape index (κ3) is 3.51. The first-order valence-electron chi connectivity index (χ1n) is 7.81. The molecule has 2 heterocycles. The van der Waals surface area contributed by atoms with E-state index in [1.807, 2.05) is 49.4 Å². The number of hydrogen-bond acceptors (Lipinski definition) is 6. The summed E-state index contributed by atoms with van der Waals surface area (Å²) in [6, 6.07) is 13.8. The predicted octanol–water partition coefficient (Wildman–Crippen LogP) is 4.80. The quantitative estimate of drug-likeness (QED) is 0.587. The van der Waals surface area contributed by atoms with Gasteiger partial charge in [0.1, 0.15) is 11.6 Å². The SMILES string of the molecule is Cc1cnc(Nc2cccc(Br)c2)nc1Nc1ccc2c(c1)NCO2. The predicted molar refractivity (Wildman–Crippen MR) is 103 cm³/mol. The summed E-state index contributed by atoms with van der Waals surface area (Å²) in [7, 11) is 0. The summed E-state index contributed by atoms with van der Waals surface area (Å²) in [4.78, 5) is 8.94. The van der Waals surface area contributed by atoms with Crippen LogP contribution in [0.2, 0.25) is 0 Å². The Labute approximate surface area is 153 Å². The van der Waals surface area contributed by atoms with Crippen LogP contribution in [0.1, 0.15) is 5.56 Å². The Bertz CT molecular complexity index is 931. The molecule has 0 atom stereocenters. The summed E-state index contributed by atoms with van der Waals surface area (Å²) in [5.74, 6) is 2.15. The van der Waals surface area contributed by atoms with Crippen LogP contribution in [0, 0.1) is 6.92 Å². The molecule has 0 aliphatic carbocycles. The average molecular weight is 398 g/mol. The number of anilines is 5. The van der Waals surface area contributed by atoms with Gasteiger partial charge < -0.3 is 20.7 Å². The zero-order valence-electron chi connectivity index (χ0n) is 13.5. The number of halogens is 1. The molecule has 3 N–H and O–H groups in total. The van der Waals surface area contributed by atoms with Crippen LogP contribution in [0.5, 0.6) is 5.75 Å². The van der Waals surface area contributed by atoms with E-state index in [-0.39, 0.29) is 0 Å². The lowest BCUT2D eigenvalue weighted by atomic mass is 10.2. The van der Waals surface area contributed by atoms with E-state index in [1.54, 1.807) is 6.20 Å². The minimum Gasteiger partial charge on any atom is -0.471 e. The number of hydrogen-bond donors (Lipinski definition) is 3. The van der Waals surface area contributed by atoms with Crippen LogP contribution < -0.4 is 20.7 Å². The molecule has 0 spiro atoms. The number of fused-ring (bicyclic) bond motifs is 1. The molecule has 2 aromatic carbocycles. The van der Waals surface area contributed by atoms with Gasteiger partial charge in [0, 0.05) is 27.6 Å². The molecule has 0 saturated carbocycles. The van der Waals surface area contributed by atoms with Crippen molar-refractivity contribution in [3.8, 4) is 5.75 Å². The number of ether oxygens (including phenoxy) is 1. The van der Waals surface area contributed by atoms with Crippen LogP contribution in [0.4, 0.5) is 28.8 Å². The van der Waals surface area contributed by atoms with Crippen molar-refractivity contribution in [3.05, 3.63) is 58.7 Å². The van der Waals surface area contributed by atoms with Gasteiger partial charge in [-0.25, -0.2) is 4.98 Å². The molecule has 126 valence electrons. The van der Waals surface area contributed by atoms with Crippen LogP contribution in [0.15, 0.2) is 53.1 Å². The van der Waals surface area contributed by atoms with Gasteiger partial charge in [-0.05, 0) is 43.3 Å². The number of nitrogens with zero attached hydrogens (tertiary/aromatic N) is 2. The number of nitrogens with one attached hydrogen (secondary N) is 3. The number of aromatic nitrogens is 2. The number of rotatable bonds is 4. The van der Waals surface area contributed by atoms with Crippen molar-refractivity contribution >= 4 is 44.8 Å². The van der Waals surface area contributed by atoms with Gasteiger partial charge in [0.15, 0.2) is 6.73 Å². The van der Waals surface area contributed by atoms with E-state index >= 15 is 0 Å². The van der Waals surface area contributed by atoms with Gasteiger partial charge in [-0.2, -0.15) is 4.98 Å². The minimum absolute atomic E-state index is 0.506. The maximum absolute atomic E-state index is 5.44. The van der Waals surface area contributed by atoms with Crippen molar-refractivity contribution in [2.24, 2.45) is 0 Å². The van der Waals surface area contributed by atoms with E-state index in [2.05, 4.69) is 41.8 Å². The first-order valence-corrected chi connectivity index (χ1v) is 8.61. The fraction of sp³-hybridized carbons (Fsp3) is 0.111. The summed E-state index contributed by atoms with van der Waals surface area (Å²) in [6.07, 6.45) is 1.80. The van der Waals surface area contributed by atoms with Gasteiger partial charge in [-0.15, -0.1) is 0 Å². The summed E-state index contributed by atoms with van der Waals surface area (Å²) >= 11 is 3.46. The van der Waals surface area contributed by atoms with Gasteiger partial charge in [-0.1, -0.05) is 22.0 Å². The third-order valence-corrected chi connectivity index (χ3v) is 4.28. The van der Waals surface area contributed by atoms with Crippen molar-refractivity contribution in [2.45, 2.75) is 6.92 Å². The molecule has 3 aromatic rings. The van der Waals surface area contributed by atoms with Crippen LogP contribution >= 0.6 is 15.9 Å². The first kappa shape index (κ1) is 15.7. The van der Waals surface area contributed by atoms with E-state index in [4.69, 9.17) is 4.74 Å². The van der Waals surface area contributed by atoms with Crippen molar-refractivity contribution < 1.29 is 4.74 Å². The maximum atomic E-state index is 5.44. The van der Waals surface area contributed by atoms with Crippen LogP contribution in [-0.2, 0) is 0 Å². The van der Waals surface area contributed by atoms with Gasteiger partial charge in [-0.3, -0.25) is 0 Å². The highest BCUT2D eigenvalue weighted by atomic mass is 79.9. The molecule has 0 bridgehead atoms. The van der Waals surface area contributed by atoms with Gasteiger partial charge in [0.25, 0.3) is 0 Å². The van der Waals surface area contributed by atoms with Crippen LogP contribution in [0.3, 0.4) is 0 Å². The molecule has 1 aliphatic rings. The smallest absolute Gasteiger partial charge is 0.229 e. The third-order valence-electron chi connectivity index (χ3n) is 3.79. The lowest BCUT2D eigenvalue weighted by Crippen LogP contribution is -2.03. The van der Waals surface area contributed by atoms with E-state index in [0.29, 0.717) is 12.7 Å². The van der Waals surface area contributed by atoms with Crippen molar-refractivity contribution in [3.63, 3.8) is 0 Å². The highest BCUT2D eigenvalue weighted by Gasteiger charge is 2.12. The number of benzene rings is 2. The van der Waals surface area contributed by atoms with Gasteiger partial charge in [0.05, 0.1) is 5.69 Å². The molecule has 1 aromatic heterocycles. The van der Waals surface area contributed by atoms with E-state index in [1.165, 1.54) is 0 Å². The molecular formula is C18H16BrN5O. The van der Waals surface area contributed by atoms with Crippen molar-refractivity contribution in [1.82, 2.24) is 9.97 Å². The second-order valence-corrected chi connectivity index (χ2v) is 6.58. The molecule has 0 fully saturated rings. The first-order chi connectivity index (χ1) is 12.2. The summed E-state index contributed by atoms with van der Waals surface area (Å²) < 4.78 is 6.44. The average Bonchev–Trinajstić information content (AvgIpc) is 3.06. The second-order valence-electron chi connectivity index (χ2n) is 5.66. The molecule has 0 amide bonds. The van der Waals surface area contributed by atoms with E-state index in [9.17, 15) is 0 Å².